The molecule has 0 bridgehead atoms. The van der Waals surface area contributed by atoms with Crippen molar-refractivity contribution in [1.29, 1.82) is 0 Å². The molecule has 0 spiro atoms. The number of hydrogen-bond donors (Lipinski definition) is 2. The molecule has 0 aromatic heterocycles. The number of amides is 3. The van der Waals surface area contributed by atoms with Gasteiger partial charge in [-0.2, -0.15) is 0 Å². The molecule has 168 valence electrons. The van der Waals surface area contributed by atoms with Gasteiger partial charge >= 0.3 is 6.03 Å². The van der Waals surface area contributed by atoms with Crippen LogP contribution in [0.25, 0.3) is 0 Å². The molecule has 6 nitrogen and oxygen atoms in total. The summed E-state index contributed by atoms with van der Waals surface area (Å²) in [5.74, 6) is -0.0913. The van der Waals surface area contributed by atoms with E-state index in [1.807, 2.05) is 71.8 Å². The third-order valence-corrected chi connectivity index (χ3v) is 5.45. The number of nitrogens with zero attached hydrogens (tertiary/aromatic N) is 2. The molecule has 1 aliphatic carbocycles. The first kappa shape index (κ1) is 24.0. The molecule has 6 heteroatoms. The summed E-state index contributed by atoms with van der Waals surface area (Å²) in [6.45, 7) is 10.3. The van der Waals surface area contributed by atoms with Crippen molar-refractivity contribution in [3.63, 3.8) is 0 Å². The number of nitrogens with one attached hydrogen (secondary N) is 2. The Labute approximate surface area is 182 Å². The standard InChI is InChI=1S/C24H40N4O2/c1-17(2)22(29)25-19-13-14-21(27(6)7)18(15-19)16-28(20-11-9-8-10-12-20)23(30)26-24(3,4)5/h13-15,17,20H,8-12,16H2,1-7H3,(H,25,29)(H,26,30). The number of carbonyl (C=O) groups is 2. The zero-order chi connectivity index (χ0) is 22.5. The van der Waals surface area contributed by atoms with Crippen LogP contribution in [0.1, 0.15) is 72.3 Å². The van der Waals surface area contributed by atoms with Gasteiger partial charge in [-0.1, -0.05) is 33.1 Å². The molecule has 30 heavy (non-hydrogen) atoms. The Morgan fingerprint density at radius 2 is 1.73 bits per heavy atom. The van der Waals surface area contributed by atoms with Gasteiger partial charge in [-0.25, -0.2) is 4.79 Å². The summed E-state index contributed by atoms with van der Waals surface area (Å²) < 4.78 is 0. The molecule has 0 saturated heterocycles. The predicted octanol–water partition coefficient (Wildman–Crippen LogP) is 4.99. The molecule has 0 heterocycles. The molecule has 0 unspecified atom stereocenters. The van der Waals surface area contributed by atoms with Gasteiger partial charge in [0.25, 0.3) is 0 Å². The number of urea groups is 1. The molecule has 1 aliphatic rings. The van der Waals surface area contributed by atoms with Gasteiger partial charge in [0.2, 0.25) is 5.91 Å². The lowest BCUT2D eigenvalue weighted by Crippen LogP contribution is -2.52. The molecule has 1 fully saturated rings. The van der Waals surface area contributed by atoms with Crippen molar-refractivity contribution >= 4 is 23.3 Å². The molecule has 0 atom stereocenters. The van der Waals surface area contributed by atoms with Gasteiger partial charge in [0.15, 0.2) is 0 Å². The van der Waals surface area contributed by atoms with E-state index in [-0.39, 0.29) is 29.4 Å². The predicted molar refractivity (Wildman–Crippen MR) is 125 cm³/mol. The summed E-state index contributed by atoms with van der Waals surface area (Å²) in [5.41, 5.74) is 2.58. The first-order valence-corrected chi connectivity index (χ1v) is 11.2. The van der Waals surface area contributed by atoms with Gasteiger partial charge in [0.05, 0.1) is 0 Å². The van der Waals surface area contributed by atoms with Crippen LogP contribution >= 0.6 is 0 Å². The Hall–Kier alpha value is -2.24. The molecule has 0 aliphatic heterocycles. The Kier molecular flexibility index (Phi) is 8.16. The molecule has 1 aromatic carbocycles. The highest BCUT2D eigenvalue weighted by atomic mass is 16.2. The van der Waals surface area contributed by atoms with Crippen LogP contribution in [0.5, 0.6) is 0 Å². The van der Waals surface area contributed by atoms with Crippen molar-refractivity contribution < 1.29 is 9.59 Å². The number of carbonyl (C=O) groups excluding carboxylic acids is 2. The molecular formula is C24H40N4O2. The van der Waals surface area contributed by atoms with E-state index in [1.165, 1.54) is 6.42 Å². The quantitative estimate of drug-likeness (QED) is 0.687. The Morgan fingerprint density at radius 1 is 1.10 bits per heavy atom. The number of hydrogen-bond acceptors (Lipinski definition) is 3. The maximum atomic E-state index is 13.2. The van der Waals surface area contributed by atoms with Crippen LogP contribution in [0.15, 0.2) is 18.2 Å². The van der Waals surface area contributed by atoms with Gasteiger partial charge in [-0.15, -0.1) is 0 Å². The van der Waals surface area contributed by atoms with Gasteiger partial charge in [-0.05, 0) is 57.4 Å². The van der Waals surface area contributed by atoms with Crippen molar-refractivity contribution in [3.05, 3.63) is 23.8 Å². The van der Waals surface area contributed by atoms with Gasteiger partial charge < -0.3 is 20.4 Å². The van der Waals surface area contributed by atoms with Crippen LogP contribution in [-0.2, 0) is 11.3 Å². The fourth-order valence-corrected chi connectivity index (χ4v) is 3.85. The van der Waals surface area contributed by atoms with E-state index < -0.39 is 0 Å². The number of rotatable bonds is 6. The molecule has 1 saturated carbocycles. The minimum Gasteiger partial charge on any atom is -0.377 e. The highest BCUT2D eigenvalue weighted by Gasteiger charge is 2.28. The second-order valence-electron chi connectivity index (χ2n) is 9.98. The summed E-state index contributed by atoms with van der Waals surface area (Å²) in [5, 5.41) is 6.14. The van der Waals surface area contributed by atoms with Crippen molar-refractivity contribution in [2.45, 2.75) is 84.8 Å². The topological polar surface area (TPSA) is 64.7 Å². The Morgan fingerprint density at radius 3 is 2.27 bits per heavy atom. The van der Waals surface area contributed by atoms with Crippen molar-refractivity contribution in [2.75, 3.05) is 24.3 Å². The van der Waals surface area contributed by atoms with Crippen LogP contribution in [0, 0.1) is 5.92 Å². The average molecular weight is 417 g/mol. The maximum absolute atomic E-state index is 13.2. The fourth-order valence-electron chi connectivity index (χ4n) is 3.85. The second-order valence-corrected chi connectivity index (χ2v) is 9.98. The first-order chi connectivity index (χ1) is 14.0. The van der Waals surface area contributed by atoms with E-state index in [4.69, 9.17) is 0 Å². The van der Waals surface area contributed by atoms with E-state index in [0.717, 1.165) is 42.6 Å². The lowest BCUT2D eigenvalue weighted by molar-refractivity contribution is -0.118. The summed E-state index contributed by atoms with van der Waals surface area (Å²) in [7, 11) is 4.01. The normalized spacial score (nSPS) is 15.1. The lowest BCUT2D eigenvalue weighted by Gasteiger charge is -2.37. The SMILES string of the molecule is CC(C)C(=O)Nc1ccc(N(C)C)c(CN(C(=O)NC(C)(C)C)C2CCCCC2)c1. The molecule has 3 amide bonds. The summed E-state index contributed by atoms with van der Waals surface area (Å²) in [6, 6.07) is 6.18. The second kappa shape index (κ2) is 10.2. The van der Waals surface area contributed by atoms with Crippen LogP contribution in [0.4, 0.5) is 16.2 Å². The third-order valence-electron chi connectivity index (χ3n) is 5.45. The summed E-state index contributed by atoms with van der Waals surface area (Å²) in [6.07, 6.45) is 5.64. The van der Waals surface area contributed by atoms with E-state index in [9.17, 15) is 9.59 Å². The largest absolute Gasteiger partial charge is 0.377 e. The van der Waals surface area contributed by atoms with Crippen LogP contribution in [0.3, 0.4) is 0 Å². The molecule has 0 radical (unpaired) electrons. The zero-order valence-electron chi connectivity index (χ0n) is 19.8. The smallest absolute Gasteiger partial charge is 0.318 e. The minimum atomic E-state index is -0.290. The van der Waals surface area contributed by atoms with Crippen molar-refractivity contribution in [1.82, 2.24) is 10.2 Å². The Bertz CT molecular complexity index is 731. The van der Waals surface area contributed by atoms with Gasteiger partial charge in [0.1, 0.15) is 0 Å². The maximum Gasteiger partial charge on any atom is 0.318 e. The number of anilines is 2. The summed E-state index contributed by atoms with van der Waals surface area (Å²) in [4.78, 5) is 29.5. The first-order valence-electron chi connectivity index (χ1n) is 11.2. The van der Waals surface area contributed by atoms with Crippen molar-refractivity contribution in [3.8, 4) is 0 Å². The third kappa shape index (κ3) is 6.92. The highest BCUT2D eigenvalue weighted by molar-refractivity contribution is 5.92. The molecule has 1 aromatic rings. The van der Waals surface area contributed by atoms with E-state index in [1.54, 1.807) is 0 Å². The molecular weight excluding hydrogens is 376 g/mol. The zero-order valence-corrected chi connectivity index (χ0v) is 19.8. The van der Waals surface area contributed by atoms with E-state index >= 15 is 0 Å². The number of benzene rings is 1. The van der Waals surface area contributed by atoms with Crippen LogP contribution in [0.2, 0.25) is 0 Å². The molecule has 2 rings (SSSR count). The van der Waals surface area contributed by atoms with Crippen LogP contribution in [-0.4, -0.2) is 42.5 Å². The van der Waals surface area contributed by atoms with Gasteiger partial charge in [0, 0.05) is 49.5 Å². The monoisotopic (exact) mass is 416 g/mol. The van der Waals surface area contributed by atoms with Crippen LogP contribution < -0.4 is 15.5 Å². The van der Waals surface area contributed by atoms with Crippen molar-refractivity contribution in [2.24, 2.45) is 5.92 Å². The van der Waals surface area contributed by atoms with E-state index in [2.05, 4.69) is 15.5 Å². The fraction of sp³-hybridized carbons (Fsp3) is 0.667. The highest BCUT2D eigenvalue weighted by Crippen LogP contribution is 2.29. The Balaban J connectivity index is 2.35. The molecule has 2 N–H and O–H groups in total. The summed E-state index contributed by atoms with van der Waals surface area (Å²) >= 11 is 0. The lowest BCUT2D eigenvalue weighted by atomic mass is 9.93. The van der Waals surface area contributed by atoms with Gasteiger partial charge in [-0.3, -0.25) is 4.79 Å². The minimum absolute atomic E-state index is 0.00633. The van der Waals surface area contributed by atoms with E-state index in [0.29, 0.717) is 6.54 Å². The average Bonchev–Trinajstić information content (AvgIpc) is 2.65.